The van der Waals surface area contributed by atoms with Crippen LogP contribution >= 0.6 is 0 Å². The Kier molecular flexibility index (Phi) is 5.71. The Bertz CT molecular complexity index is 243. The van der Waals surface area contributed by atoms with Gasteiger partial charge in [-0.2, -0.15) is 0 Å². The fraction of sp³-hybridized carbons (Fsp3) is 0.917. The predicted molar refractivity (Wildman–Crippen MR) is 70.7 cm³/mol. The molecule has 0 aromatic heterocycles. The Morgan fingerprint density at radius 2 is 2.06 bits per heavy atom. The molecular formula is C12H26N4O. The fourth-order valence-electron chi connectivity index (χ4n) is 2.12. The summed E-state index contributed by atoms with van der Waals surface area (Å²) in [6.45, 7) is 5.90. The Morgan fingerprint density at radius 1 is 1.41 bits per heavy atom. The summed E-state index contributed by atoms with van der Waals surface area (Å²) < 4.78 is 4.95. The summed E-state index contributed by atoms with van der Waals surface area (Å²) >= 11 is 0. The van der Waals surface area contributed by atoms with Crippen LogP contribution in [0.2, 0.25) is 0 Å². The van der Waals surface area contributed by atoms with Crippen LogP contribution in [0.4, 0.5) is 0 Å². The molecule has 17 heavy (non-hydrogen) atoms. The molecule has 0 aromatic rings. The van der Waals surface area contributed by atoms with Gasteiger partial charge in [-0.25, -0.2) is 10.8 Å². The van der Waals surface area contributed by atoms with E-state index in [0.717, 1.165) is 0 Å². The van der Waals surface area contributed by atoms with Gasteiger partial charge in [-0.15, -0.1) is 0 Å². The summed E-state index contributed by atoms with van der Waals surface area (Å²) in [5, 5.41) is 3.36. The lowest BCUT2D eigenvalue weighted by Gasteiger charge is -2.35. The Morgan fingerprint density at radius 3 is 2.59 bits per heavy atom. The zero-order chi connectivity index (χ0) is 12.7. The number of methoxy groups -OCH3 is 1. The third kappa shape index (κ3) is 5.37. The number of ether oxygens (including phenoxy) is 1. The molecule has 0 aromatic carbocycles. The lowest BCUT2D eigenvalue weighted by molar-refractivity contribution is 0.207. The molecule has 5 heteroatoms. The van der Waals surface area contributed by atoms with Gasteiger partial charge in [-0.3, -0.25) is 5.43 Å². The summed E-state index contributed by atoms with van der Waals surface area (Å²) in [5.41, 5.74) is 3.10. The van der Waals surface area contributed by atoms with Gasteiger partial charge in [0.2, 0.25) is 5.96 Å². The Balaban J connectivity index is 2.34. The van der Waals surface area contributed by atoms with E-state index in [2.05, 4.69) is 29.6 Å². The summed E-state index contributed by atoms with van der Waals surface area (Å²) in [7, 11) is 1.67. The summed E-state index contributed by atoms with van der Waals surface area (Å²) in [6.07, 6.45) is 4.86. The molecule has 1 saturated carbocycles. The standard InChI is InChI=1S/C12H26N4O/c1-12(2)6-4-10(5-7-12)15-11(16-13)14-8-9-17-3/h10H,4-9,13H2,1-3H3,(H2,14,15,16). The van der Waals surface area contributed by atoms with Gasteiger partial charge in [0.1, 0.15) is 0 Å². The summed E-state index contributed by atoms with van der Waals surface area (Å²) in [5.74, 6) is 6.11. The molecule has 0 radical (unpaired) electrons. The van der Waals surface area contributed by atoms with Crippen molar-refractivity contribution in [2.24, 2.45) is 16.3 Å². The number of nitrogens with two attached hydrogens (primary N) is 1. The first kappa shape index (κ1) is 14.3. The molecule has 1 aliphatic rings. The van der Waals surface area contributed by atoms with Crippen molar-refractivity contribution in [1.29, 1.82) is 0 Å². The third-order valence-electron chi connectivity index (χ3n) is 3.38. The van der Waals surface area contributed by atoms with Crippen molar-refractivity contribution in [3.63, 3.8) is 0 Å². The minimum atomic E-state index is 0.486. The number of hydrogen-bond donors (Lipinski definition) is 3. The van der Waals surface area contributed by atoms with Crippen LogP contribution < -0.4 is 16.6 Å². The number of aliphatic imine (C=N–C) groups is 1. The molecule has 0 saturated heterocycles. The summed E-state index contributed by atoms with van der Waals surface area (Å²) in [4.78, 5) is 4.31. The van der Waals surface area contributed by atoms with Gasteiger partial charge in [0, 0.05) is 13.2 Å². The molecule has 0 unspecified atom stereocenters. The van der Waals surface area contributed by atoms with E-state index < -0.39 is 0 Å². The Hall–Kier alpha value is -0.810. The molecule has 1 rings (SSSR count). The van der Waals surface area contributed by atoms with Gasteiger partial charge >= 0.3 is 0 Å². The number of nitrogens with zero attached hydrogens (tertiary/aromatic N) is 1. The third-order valence-corrected chi connectivity index (χ3v) is 3.38. The van der Waals surface area contributed by atoms with Crippen LogP contribution in [-0.4, -0.2) is 32.3 Å². The van der Waals surface area contributed by atoms with Crippen molar-refractivity contribution >= 4 is 5.96 Å². The monoisotopic (exact) mass is 242 g/mol. The molecular weight excluding hydrogens is 216 g/mol. The van der Waals surface area contributed by atoms with Crippen LogP contribution in [0.5, 0.6) is 0 Å². The number of guanidine groups is 1. The highest BCUT2D eigenvalue weighted by molar-refractivity contribution is 5.79. The van der Waals surface area contributed by atoms with Gasteiger partial charge in [0.05, 0.1) is 13.2 Å². The zero-order valence-electron chi connectivity index (χ0n) is 11.3. The van der Waals surface area contributed by atoms with Crippen molar-refractivity contribution in [3.8, 4) is 0 Å². The van der Waals surface area contributed by atoms with E-state index in [9.17, 15) is 0 Å². The van der Waals surface area contributed by atoms with Crippen LogP contribution in [0.15, 0.2) is 4.99 Å². The molecule has 0 atom stereocenters. The van der Waals surface area contributed by atoms with Gasteiger partial charge in [0.25, 0.3) is 0 Å². The van der Waals surface area contributed by atoms with Crippen molar-refractivity contribution in [2.75, 3.05) is 20.3 Å². The van der Waals surface area contributed by atoms with Crippen molar-refractivity contribution in [3.05, 3.63) is 0 Å². The number of nitrogens with one attached hydrogen (secondary N) is 2. The van der Waals surface area contributed by atoms with Gasteiger partial charge in [-0.1, -0.05) is 13.8 Å². The van der Waals surface area contributed by atoms with E-state index in [-0.39, 0.29) is 0 Å². The molecule has 100 valence electrons. The van der Waals surface area contributed by atoms with E-state index in [0.29, 0.717) is 30.6 Å². The Labute approximate surface area is 104 Å². The maximum atomic E-state index is 5.44. The molecule has 1 fully saturated rings. The topological polar surface area (TPSA) is 71.7 Å². The highest BCUT2D eigenvalue weighted by Gasteiger charge is 2.26. The molecule has 0 heterocycles. The zero-order valence-corrected chi connectivity index (χ0v) is 11.3. The minimum Gasteiger partial charge on any atom is -0.383 e. The normalized spacial score (nSPS) is 21.3. The van der Waals surface area contributed by atoms with E-state index >= 15 is 0 Å². The van der Waals surface area contributed by atoms with Gasteiger partial charge < -0.3 is 10.1 Å². The van der Waals surface area contributed by atoms with E-state index in [4.69, 9.17) is 10.6 Å². The first-order valence-electron chi connectivity index (χ1n) is 6.34. The first-order valence-corrected chi connectivity index (χ1v) is 6.34. The van der Waals surface area contributed by atoms with E-state index in [1.54, 1.807) is 7.11 Å². The number of hydrogen-bond acceptors (Lipinski definition) is 3. The van der Waals surface area contributed by atoms with Gasteiger partial charge in [-0.05, 0) is 31.1 Å². The van der Waals surface area contributed by atoms with Crippen molar-refractivity contribution < 1.29 is 4.74 Å². The fourth-order valence-corrected chi connectivity index (χ4v) is 2.12. The lowest BCUT2D eigenvalue weighted by Crippen LogP contribution is -2.48. The molecule has 4 N–H and O–H groups in total. The van der Waals surface area contributed by atoms with Crippen LogP contribution in [0.3, 0.4) is 0 Å². The van der Waals surface area contributed by atoms with E-state index in [1.807, 2.05) is 0 Å². The van der Waals surface area contributed by atoms with Crippen molar-refractivity contribution in [2.45, 2.75) is 45.6 Å². The van der Waals surface area contributed by atoms with Crippen LogP contribution in [0.25, 0.3) is 0 Å². The molecule has 0 bridgehead atoms. The SMILES string of the molecule is COCCN=C(NN)NC1CCC(C)(C)CC1. The molecule has 0 amide bonds. The quantitative estimate of drug-likeness (QED) is 0.226. The highest BCUT2D eigenvalue weighted by Crippen LogP contribution is 2.34. The lowest BCUT2D eigenvalue weighted by atomic mass is 9.76. The maximum Gasteiger partial charge on any atom is 0.206 e. The first-order chi connectivity index (χ1) is 8.07. The second-order valence-electron chi connectivity index (χ2n) is 5.45. The number of rotatable bonds is 4. The minimum absolute atomic E-state index is 0.486. The smallest absolute Gasteiger partial charge is 0.206 e. The average Bonchev–Trinajstić information content (AvgIpc) is 2.30. The predicted octanol–water partition coefficient (Wildman–Crippen LogP) is 1.01. The second-order valence-corrected chi connectivity index (χ2v) is 5.45. The van der Waals surface area contributed by atoms with E-state index in [1.165, 1.54) is 25.7 Å². The summed E-state index contributed by atoms with van der Waals surface area (Å²) in [6, 6.07) is 0.486. The molecule has 1 aliphatic carbocycles. The van der Waals surface area contributed by atoms with Gasteiger partial charge in [0.15, 0.2) is 0 Å². The maximum absolute atomic E-state index is 5.44. The van der Waals surface area contributed by atoms with Crippen LogP contribution in [0.1, 0.15) is 39.5 Å². The highest BCUT2D eigenvalue weighted by atomic mass is 16.5. The molecule has 5 nitrogen and oxygen atoms in total. The number of hydrazine groups is 1. The molecule has 0 spiro atoms. The van der Waals surface area contributed by atoms with Crippen LogP contribution in [0, 0.1) is 5.41 Å². The average molecular weight is 242 g/mol. The second kappa shape index (κ2) is 6.81. The largest absolute Gasteiger partial charge is 0.383 e. The van der Waals surface area contributed by atoms with Crippen LogP contribution in [-0.2, 0) is 4.74 Å². The molecule has 0 aliphatic heterocycles. The van der Waals surface area contributed by atoms with Crippen molar-refractivity contribution in [1.82, 2.24) is 10.7 Å².